The number of amides is 1. The molecule has 8 heteroatoms. The predicted molar refractivity (Wildman–Crippen MR) is 59.5 cm³/mol. The van der Waals surface area contributed by atoms with Crippen molar-refractivity contribution >= 4 is 30.1 Å². The molecule has 0 heterocycles. The first-order valence-electron chi connectivity index (χ1n) is 4.50. The summed E-state index contributed by atoms with van der Waals surface area (Å²) >= 11 is -5.19. The van der Waals surface area contributed by atoms with Crippen LogP contribution in [0.2, 0.25) is 0 Å². The quantitative estimate of drug-likeness (QED) is 0.417. The van der Waals surface area contributed by atoms with E-state index in [0.717, 1.165) is 12.1 Å². The topological polar surface area (TPSA) is 116 Å². The molecule has 0 bridgehead atoms. The number of nitrogens with one attached hydrogen (secondary N) is 1. The Kier molecular flexibility index (Phi) is 3.87. The zero-order valence-corrected chi connectivity index (χ0v) is 11.0. The molecule has 0 unspecified atom stereocenters. The van der Waals surface area contributed by atoms with Gasteiger partial charge in [0.25, 0.3) is 0 Å². The van der Waals surface area contributed by atoms with Crippen molar-refractivity contribution in [1.82, 2.24) is 0 Å². The SMILES string of the molecule is COc1cc(O)c(NC(C)=O)cc1[As](=O)(O)O. The summed E-state index contributed by atoms with van der Waals surface area (Å²) in [5.41, 5.74) is -0.0713. The van der Waals surface area contributed by atoms with Crippen LogP contribution in [0.5, 0.6) is 11.5 Å². The van der Waals surface area contributed by atoms with Gasteiger partial charge in [0.15, 0.2) is 0 Å². The molecule has 0 aromatic heterocycles. The van der Waals surface area contributed by atoms with E-state index in [1.807, 2.05) is 0 Å². The minimum atomic E-state index is -5.19. The van der Waals surface area contributed by atoms with Gasteiger partial charge < -0.3 is 0 Å². The van der Waals surface area contributed by atoms with Crippen LogP contribution in [0.4, 0.5) is 5.69 Å². The number of hydrogen-bond acceptors (Lipinski definition) is 4. The van der Waals surface area contributed by atoms with E-state index < -0.39 is 20.1 Å². The molecule has 17 heavy (non-hydrogen) atoms. The van der Waals surface area contributed by atoms with E-state index in [1.165, 1.54) is 14.0 Å². The van der Waals surface area contributed by atoms with Gasteiger partial charge in [-0.25, -0.2) is 0 Å². The number of carbonyl (C=O) groups excluding carboxylic acids is 1. The second kappa shape index (κ2) is 4.83. The van der Waals surface area contributed by atoms with Gasteiger partial charge in [-0.05, 0) is 0 Å². The Balaban J connectivity index is 3.38. The molecular weight excluding hydrogens is 293 g/mol. The molecule has 0 aliphatic rings. The van der Waals surface area contributed by atoms with Crippen molar-refractivity contribution in [2.45, 2.75) is 6.92 Å². The Labute approximate surface area is 100 Å². The third-order valence-corrected chi connectivity index (χ3v) is 3.97. The van der Waals surface area contributed by atoms with E-state index in [9.17, 15) is 13.6 Å². The standard InChI is InChI=1S/C9H12AsNO6/c1-5(12)11-7-3-6(10(14,15)16)9(17-2)4-8(7)13/h3-4,13H,1-2H3,(H,11,12)(H2,14,15,16). The van der Waals surface area contributed by atoms with Crippen molar-refractivity contribution < 1.29 is 26.6 Å². The van der Waals surface area contributed by atoms with E-state index in [2.05, 4.69) is 5.32 Å². The van der Waals surface area contributed by atoms with Crippen molar-refractivity contribution in [3.05, 3.63) is 12.1 Å². The maximum absolute atomic E-state index is 11.2. The van der Waals surface area contributed by atoms with E-state index >= 15 is 0 Å². The van der Waals surface area contributed by atoms with Crippen LogP contribution in [0.25, 0.3) is 0 Å². The van der Waals surface area contributed by atoms with Gasteiger partial charge >= 0.3 is 99.7 Å². The number of benzene rings is 1. The van der Waals surface area contributed by atoms with Crippen LogP contribution in [0.3, 0.4) is 0 Å². The summed E-state index contributed by atoms with van der Waals surface area (Å²) in [7, 11) is 1.22. The predicted octanol–water partition coefficient (Wildman–Crippen LogP) is -1.08. The molecule has 0 saturated heterocycles. The molecule has 0 atom stereocenters. The number of rotatable bonds is 3. The molecule has 1 aromatic carbocycles. The van der Waals surface area contributed by atoms with Crippen molar-refractivity contribution in [1.29, 1.82) is 0 Å². The van der Waals surface area contributed by atoms with Gasteiger partial charge in [-0.15, -0.1) is 0 Å². The number of ether oxygens (including phenoxy) is 1. The third-order valence-electron chi connectivity index (χ3n) is 1.92. The van der Waals surface area contributed by atoms with E-state index in [-0.39, 0.29) is 21.5 Å². The zero-order valence-electron chi connectivity index (χ0n) is 9.17. The first kappa shape index (κ1) is 13.6. The summed E-state index contributed by atoms with van der Waals surface area (Å²) in [6.07, 6.45) is 0. The zero-order chi connectivity index (χ0) is 13.2. The van der Waals surface area contributed by atoms with Crippen molar-refractivity contribution in [3.8, 4) is 11.5 Å². The Hall–Kier alpha value is -1.43. The molecule has 0 spiro atoms. The molecule has 0 fully saturated rings. The Morgan fingerprint density at radius 2 is 2.00 bits per heavy atom. The summed E-state index contributed by atoms with van der Waals surface area (Å²) in [6.45, 7) is 1.21. The first-order chi connectivity index (χ1) is 7.75. The van der Waals surface area contributed by atoms with Crippen LogP contribution in [-0.4, -0.2) is 40.5 Å². The summed E-state index contributed by atoms with van der Waals surface area (Å²) in [5.74, 6) is -0.914. The average Bonchev–Trinajstić information content (AvgIpc) is 2.18. The molecule has 4 N–H and O–H groups in total. The van der Waals surface area contributed by atoms with Gasteiger partial charge in [0, 0.05) is 0 Å². The second-order valence-electron chi connectivity index (χ2n) is 3.27. The van der Waals surface area contributed by atoms with Gasteiger partial charge in [-0.1, -0.05) is 0 Å². The number of phenolic OH excluding ortho intramolecular Hbond substituents is 1. The molecule has 1 rings (SSSR count). The van der Waals surface area contributed by atoms with Gasteiger partial charge in [0.2, 0.25) is 0 Å². The minimum absolute atomic E-state index is 0.0713. The van der Waals surface area contributed by atoms with Crippen LogP contribution in [0, 0.1) is 0 Å². The average molecular weight is 305 g/mol. The molecule has 7 nitrogen and oxygen atoms in total. The Morgan fingerprint density at radius 3 is 2.41 bits per heavy atom. The van der Waals surface area contributed by atoms with Crippen molar-refractivity contribution in [3.63, 3.8) is 0 Å². The fraction of sp³-hybridized carbons (Fsp3) is 0.222. The molecule has 0 aliphatic carbocycles. The van der Waals surface area contributed by atoms with Crippen molar-refractivity contribution in [2.75, 3.05) is 12.4 Å². The maximum atomic E-state index is 11.2. The molecule has 1 amide bonds. The van der Waals surface area contributed by atoms with Crippen LogP contribution >= 0.6 is 0 Å². The van der Waals surface area contributed by atoms with Crippen LogP contribution in [0.15, 0.2) is 12.1 Å². The van der Waals surface area contributed by atoms with Gasteiger partial charge in [0.1, 0.15) is 0 Å². The Bertz CT molecular complexity index is 495. The summed E-state index contributed by atoms with van der Waals surface area (Å²) in [5, 5.41) is 11.8. The number of methoxy groups -OCH3 is 1. The summed E-state index contributed by atoms with van der Waals surface area (Å²) in [4.78, 5) is 10.8. The third kappa shape index (κ3) is 3.26. The summed E-state index contributed by atoms with van der Waals surface area (Å²) in [6, 6.07) is 2.05. The number of phenols is 1. The van der Waals surface area contributed by atoms with E-state index in [0.29, 0.717) is 0 Å². The van der Waals surface area contributed by atoms with Crippen LogP contribution in [0.1, 0.15) is 6.92 Å². The number of carbonyl (C=O) groups is 1. The van der Waals surface area contributed by atoms with Crippen molar-refractivity contribution in [2.24, 2.45) is 0 Å². The van der Waals surface area contributed by atoms with E-state index in [4.69, 9.17) is 12.9 Å². The van der Waals surface area contributed by atoms with Gasteiger partial charge in [-0.2, -0.15) is 0 Å². The first-order valence-corrected chi connectivity index (χ1v) is 7.88. The molecule has 94 valence electrons. The summed E-state index contributed by atoms with van der Waals surface area (Å²) < 4.78 is 34.0. The van der Waals surface area contributed by atoms with Crippen LogP contribution in [-0.2, 0) is 8.53 Å². The molecule has 1 aromatic rings. The second-order valence-corrected chi connectivity index (χ2v) is 6.56. The number of anilines is 1. The molecule has 0 radical (unpaired) electrons. The molecular formula is C9H12AsNO6. The van der Waals surface area contributed by atoms with Crippen LogP contribution < -0.4 is 14.4 Å². The fourth-order valence-electron chi connectivity index (χ4n) is 1.24. The van der Waals surface area contributed by atoms with Gasteiger partial charge in [-0.3, -0.25) is 0 Å². The number of aromatic hydroxyl groups is 1. The molecule has 0 aliphatic heterocycles. The molecule has 0 saturated carbocycles. The monoisotopic (exact) mass is 305 g/mol. The number of hydrogen-bond donors (Lipinski definition) is 4. The van der Waals surface area contributed by atoms with Gasteiger partial charge in [0.05, 0.1) is 0 Å². The van der Waals surface area contributed by atoms with E-state index in [1.54, 1.807) is 0 Å². The normalized spacial score (nSPS) is 11.1. The Morgan fingerprint density at radius 1 is 1.41 bits per heavy atom. The fourth-order valence-corrected chi connectivity index (χ4v) is 2.79.